The molecule has 3 aromatic heterocycles. The first-order valence-electron chi connectivity index (χ1n) is 10.7. The third-order valence-corrected chi connectivity index (χ3v) is 7.19. The lowest BCUT2D eigenvalue weighted by Crippen LogP contribution is -2.43. The van der Waals surface area contributed by atoms with E-state index in [0.717, 1.165) is 35.9 Å². The Labute approximate surface area is 193 Å². The maximum atomic E-state index is 12.4. The Balaban J connectivity index is 1.46. The van der Waals surface area contributed by atoms with Gasteiger partial charge < -0.3 is 15.2 Å². The van der Waals surface area contributed by atoms with Crippen molar-refractivity contribution >= 4 is 38.6 Å². The highest BCUT2D eigenvalue weighted by atomic mass is 35.5. The molecule has 0 spiro atoms. The topological polar surface area (TPSA) is 116 Å². The molecule has 32 heavy (non-hydrogen) atoms. The van der Waals surface area contributed by atoms with Gasteiger partial charge in [0.25, 0.3) is 0 Å². The zero-order chi connectivity index (χ0) is 22.7. The van der Waals surface area contributed by atoms with E-state index >= 15 is 0 Å². The fourth-order valence-corrected chi connectivity index (χ4v) is 5.64. The molecule has 0 bridgehead atoms. The smallest absolute Gasteiger partial charge is 0.224 e. The first-order chi connectivity index (χ1) is 15.3. The molecule has 2 unspecified atom stereocenters. The Kier molecular flexibility index (Phi) is 6.94. The van der Waals surface area contributed by atoms with Gasteiger partial charge in [-0.2, -0.15) is 0 Å². The normalized spacial score (nSPS) is 19.5. The lowest BCUT2D eigenvalue weighted by atomic mass is 9.92. The van der Waals surface area contributed by atoms with E-state index in [1.54, 1.807) is 12.3 Å². The third-order valence-electron chi connectivity index (χ3n) is 5.58. The van der Waals surface area contributed by atoms with Crippen molar-refractivity contribution in [2.75, 3.05) is 31.7 Å². The van der Waals surface area contributed by atoms with Crippen LogP contribution in [0.15, 0.2) is 30.6 Å². The molecular weight excluding hydrogens is 450 g/mol. The summed E-state index contributed by atoms with van der Waals surface area (Å²) < 4.78 is 27.6. The number of nitrogens with zero attached hydrogens (tertiary/aromatic N) is 4. The number of anilines is 1. The molecule has 3 aromatic rings. The second-order valence-corrected chi connectivity index (χ2v) is 10.7. The first-order valence-corrected chi connectivity index (χ1v) is 12.7. The van der Waals surface area contributed by atoms with Crippen LogP contribution in [0, 0.1) is 0 Å². The summed E-state index contributed by atoms with van der Waals surface area (Å²) in [4.78, 5) is 18.3. The predicted molar refractivity (Wildman–Crippen MR) is 127 cm³/mol. The molecule has 0 radical (unpaired) electrons. The number of aromatic amines is 1. The fraction of sp³-hybridized carbons (Fsp3) is 0.476. The molecule has 1 fully saturated rings. The SMILES string of the molecule is CN(C)CCS(=O)(=O)NC1CCCC(Nc2nc(Cl)cc(-c3c[nH]c4ncccc34)n2)C1. The van der Waals surface area contributed by atoms with Gasteiger partial charge in [-0.05, 0) is 51.9 Å². The molecule has 11 heteroatoms. The molecule has 3 N–H and O–H groups in total. The number of pyridine rings is 1. The van der Waals surface area contributed by atoms with Crippen molar-refractivity contribution in [3.8, 4) is 11.3 Å². The first kappa shape index (κ1) is 22.9. The molecule has 0 aliphatic heterocycles. The Bertz CT molecular complexity index is 1180. The van der Waals surface area contributed by atoms with Crippen LogP contribution in [0.4, 0.5) is 5.95 Å². The minimum atomic E-state index is -3.32. The van der Waals surface area contributed by atoms with Crippen LogP contribution in [-0.4, -0.2) is 71.7 Å². The number of H-pyrrole nitrogens is 1. The van der Waals surface area contributed by atoms with Crippen LogP contribution in [-0.2, 0) is 10.0 Å². The highest BCUT2D eigenvalue weighted by Gasteiger charge is 2.26. The predicted octanol–water partition coefficient (Wildman–Crippen LogP) is 2.88. The van der Waals surface area contributed by atoms with Crippen LogP contribution in [0.1, 0.15) is 25.7 Å². The molecule has 0 saturated heterocycles. The number of nitrogens with one attached hydrogen (secondary N) is 3. The molecule has 2 atom stereocenters. The summed E-state index contributed by atoms with van der Waals surface area (Å²) in [6, 6.07) is 5.53. The van der Waals surface area contributed by atoms with Gasteiger partial charge in [-0.3, -0.25) is 0 Å². The van der Waals surface area contributed by atoms with Crippen molar-refractivity contribution in [1.29, 1.82) is 0 Å². The maximum Gasteiger partial charge on any atom is 0.224 e. The summed E-state index contributed by atoms with van der Waals surface area (Å²) in [7, 11) is 0.409. The van der Waals surface area contributed by atoms with E-state index < -0.39 is 10.0 Å². The number of hydrogen-bond donors (Lipinski definition) is 3. The van der Waals surface area contributed by atoms with Gasteiger partial charge in [-0.25, -0.2) is 28.1 Å². The standard InChI is InChI=1S/C21H28ClN7O2S/c1-29(2)9-10-32(30,31)28-15-6-3-5-14(11-15)25-21-26-18(12-19(22)27-21)17-13-24-20-16(17)7-4-8-23-20/h4,7-8,12-15,28H,3,5-6,9-11H2,1-2H3,(H,23,24)(H,25,26,27). The average molecular weight is 478 g/mol. The molecule has 3 heterocycles. The van der Waals surface area contributed by atoms with Gasteiger partial charge >= 0.3 is 0 Å². The van der Waals surface area contributed by atoms with Crippen molar-refractivity contribution in [2.45, 2.75) is 37.8 Å². The van der Waals surface area contributed by atoms with Crippen LogP contribution in [0.2, 0.25) is 5.15 Å². The van der Waals surface area contributed by atoms with Gasteiger partial charge in [0.05, 0.1) is 11.4 Å². The lowest BCUT2D eigenvalue weighted by molar-refractivity contribution is 0.382. The van der Waals surface area contributed by atoms with Crippen LogP contribution in [0.25, 0.3) is 22.3 Å². The molecule has 172 valence electrons. The van der Waals surface area contributed by atoms with E-state index in [0.29, 0.717) is 29.8 Å². The number of rotatable bonds is 8. The number of aromatic nitrogens is 4. The number of halogens is 1. The van der Waals surface area contributed by atoms with Gasteiger partial charge in [0, 0.05) is 48.0 Å². The van der Waals surface area contributed by atoms with E-state index in [9.17, 15) is 8.42 Å². The quantitative estimate of drug-likeness (QED) is 0.427. The maximum absolute atomic E-state index is 12.4. The van der Waals surface area contributed by atoms with E-state index in [2.05, 4.69) is 30.0 Å². The van der Waals surface area contributed by atoms with Gasteiger partial charge in [-0.1, -0.05) is 11.6 Å². The number of sulfonamides is 1. The van der Waals surface area contributed by atoms with Crippen LogP contribution in [0.3, 0.4) is 0 Å². The number of fused-ring (bicyclic) bond motifs is 1. The zero-order valence-corrected chi connectivity index (χ0v) is 19.7. The molecule has 0 aromatic carbocycles. The van der Waals surface area contributed by atoms with E-state index in [-0.39, 0.29) is 17.8 Å². The lowest BCUT2D eigenvalue weighted by Gasteiger charge is -2.30. The molecular formula is C21H28ClN7O2S. The van der Waals surface area contributed by atoms with Gasteiger partial charge in [-0.15, -0.1) is 0 Å². The Morgan fingerprint density at radius 1 is 1.25 bits per heavy atom. The monoisotopic (exact) mass is 477 g/mol. The number of hydrogen-bond acceptors (Lipinski definition) is 7. The van der Waals surface area contributed by atoms with Crippen molar-refractivity contribution in [1.82, 2.24) is 29.6 Å². The van der Waals surface area contributed by atoms with Gasteiger partial charge in [0.15, 0.2) is 0 Å². The van der Waals surface area contributed by atoms with Crippen molar-refractivity contribution < 1.29 is 8.42 Å². The van der Waals surface area contributed by atoms with Gasteiger partial charge in [0.2, 0.25) is 16.0 Å². The summed E-state index contributed by atoms with van der Waals surface area (Å²) >= 11 is 6.30. The summed E-state index contributed by atoms with van der Waals surface area (Å²) in [6.07, 6.45) is 6.92. The molecule has 1 aliphatic rings. The largest absolute Gasteiger partial charge is 0.351 e. The fourth-order valence-electron chi connectivity index (χ4n) is 4.01. The molecule has 4 rings (SSSR count). The molecule has 9 nitrogen and oxygen atoms in total. The molecule has 1 aliphatic carbocycles. The Morgan fingerprint density at radius 2 is 2.06 bits per heavy atom. The Morgan fingerprint density at radius 3 is 2.88 bits per heavy atom. The minimum absolute atomic E-state index is 0.0567. The molecule has 1 saturated carbocycles. The second-order valence-electron chi connectivity index (χ2n) is 8.45. The summed E-state index contributed by atoms with van der Waals surface area (Å²) in [5.41, 5.74) is 2.38. The minimum Gasteiger partial charge on any atom is -0.351 e. The highest BCUT2D eigenvalue weighted by molar-refractivity contribution is 7.89. The zero-order valence-electron chi connectivity index (χ0n) is 18.2. The third kappa shape index (κ3) is 5.74. The summed E-state index contributed by atoms with van der Waals surface area (Å²) in [6.45, 7) is 0.492. The van der Waals surface area contributed by atoms with E-state index in [1.807, 2.05) is 37.3 Å². The van der Waals surface area contributed by atoms with Gasteiger partial charge in [0.1, 0.15) is 10.8 Å². The molecule has 0 amide bonds. The van der Waals surface area contributed by atoms with Crippen molar-refractivity contribution in [3.05, 3.63) is 35.7 Å². The van der Waals surface area contributed by atoms with Crippen molar-refractivity contribution in [2.24, 2.45) is 0 Å². The van der Waals surface area contributed by atoms with E-state index in [4.69, 9.17) is 11.6 Å². The van der Waals surface area contributed by atoms with E-state index in [1.165, 1.54) is 0 Å². The van der Waals surface area contributed by atoms with Crippen molar-refractivity contribution in [3.63, 3.8) is 0 Å². The summed E-state index contributed by atoms with van der Waals surface area (Å²) in [5, 5.41) is 4.66. The van der Waals surface area contributed by atoms with Crippen LogP contribution in [0.5, 0.6) is 0 Å². The average Bonchev–Trinajstić information content (AvgIpc) is 3.16. The highest BCUT2D eigenvalue weighted by Crippen LogP contribution is 2.29. The van der Waals surface area contributed by atoms with Crippen LogP contribution < -0.4 is 10.0 Å². The van der Waals surface area contributed by atoms with Crippen LogP contribution >= 0.6 is 11.6 Å². The second kappa shape index (κ2) is 9.70. The summed E-state index contributed by atoms with van der Waals surface area (Å²) in [5.74, 6) is 0.529. The Hall–Kier alpha value is -2.27.